The number of unbranched alkanes of at least 4 members (excludes halogenated alkanes) is 1. The van der Waals surface area contributed by atoms with Crippen molar-refractivity contribution in [2.24, 2.45) is 0 Å². The van der Waals surface area contributed by atoms with Crippen LogP contribution in [0.4, 0.5) is 0 Å². The van der Waals surface area contributed by atoms with Crippen molar-refractivity contribution in [2.45, 2.75) is 97.2 Å². The Bertz CT molecular complexity index is 552. The fraction of sp³-hybridized carbons (Fsp3) is 0.652. The molecule has 0 aliphatic carbocycles. The van der Waals surface area contributed by atoms with E-state index >= 15 is 0 Å². The number of hydroxylamine groups is 2. The number of benzene rings is 1. The summed E-state index contributed by atoms with van der Waals surface area (Å²) < 4.78 is 0. The van der Waals surface area contributed by atoms with Gasteiger partial charge in [0.15, 0.2) is 0 Å². The highest BCUT2D eigenvalue weighted by Gasteiger charge is 2.43. The highest BCUT2D eigenvalue weighted by molar-refractivity contribution is 5.30. The smallest absolute Gasteiger partial charge is 0.104 e. The first-order valence-electron chi connectivity index (χ1n) is 9.82. The Labute approximate surface area is 155 Å². The minimum atomic E-state index is 0.0668. The Morgan fingerprint density at radius 3 is 2.16 bits per heavy atom. The first kappa shape index (κ1) is 20.2. The van der Waals surface area contributed by atoms with E-state index in [9.17, 15) is 0 Å². The number of piperidine rings is 1. The molecule has 1 fully saturated rings. The van der Waals surface area contributed by atoms with Crippen LogP contribution in [0.15, 0.2) is 30.9 Å². The highest BCUT2D eigenvalue weighted by atomic mass is 16.7. The van der Waals surface area contributed by atoms with Crippen LogP contribution in [0.3, 0.4) is 0 Å². The van der Waals surface area contributed by atoms with Gasteiger partial charge < -0.3 is 0 Å². The predicted molar refractivity (Wildman–Crippen MR) is 108 cm³/mol. The molecule has 1 aromatic carbocycles. The molecule has 0 bridgehead atoms. The standard InChI is InChI=1S/C23H37NO/c1-8-9-10-12-21(20-16-18(2)15-19(3)17-20)25-24-22(4,5)13-11-14-23(24,6)7/h8,15-17,21H,1,9-14H2,2-7H3. The molecular weight excluding hydrogens is 306 g/mol. The normalized spacial score (nSPS) is 21.0. The molecule has 1 atom stereocenters. The van der Waals surface area contributed by atoms with Gasteiger partial charge in [0.1, 0.15) is 6.10 Å². The molecular formula is C23H37NO. The Morgan fingerprint density at radius 1 is 1.08 bits per heavy atom. The maximum Gasteiger partial charge on any atom is 0.104 e. The monoisotopic (exact) mass is 343 g/mol. The van der Waals surface area contributed by atoms with E-state index < -0.39 is 0 Å². The largest absolute Gasteiger partial charge is 0.290 e. The Kier molecular flexibility index (Phi) is 6.51. The Morgan fingerprint density at radius 2 is 1.64 bits per heavy atom. The summed E-state index contributed by atoms with van der Waals surface area (Å²) in [4.78, 5) is 6.76. The van der Waals surface area contributed by atoms with E-state index in [-0.39, 0.29) is 17.2 Å². The molecule has 1 aliphatic heterocycles. The van der Waals surface area contributed by atoms with Crippen LogP contribution in [-0.2, 0) is 4.84 Å². The van der Waals surface area contributed by atoms with Gasteiger partial charge >= 0.3 is 0 Å². The summed E-state index contributed by atoms with van der Waals surface area (Å²) in [5.74, 6) is 0. The number of hydrogen-bond donors (Lipinski definition) is 0. The summed E-state index contributed by atoms with van der Waals surface area (Å²) in [5, 5.41) is 2.31. The predicted octanol–water partition coefficient (Wildman–Crippen LogP) is 6.68. The van der Waals surface area contributed by atoms with Crippen molar-refractivity contribution in [3.63, 3.8) is 0 Å². The van der Waals surface area contributed by atoms with Gasteiger partial charge in [-0.15, -0.1) is 6.58 Å². The number of hydrogen-bond acceptors (Lipinski definition) is 2. The third kappa shape index (κ3) is 5.18. The molecule has 2 heteroatoms. The highest BCUT2D eigenvalue weighted by Crippen LogP contribution is 2.41. The zero-order chi connectivity index (χ0) is 18.7. The van der Waals surface area contributed by atoms with Crippen LogP contribution < -0.4 is 0 Å². The maximum atomic E-state index is 6.76. The van der Waals surface area contributed by atoms with Gasteiger partial charge in [0.05, 0.1) is 0 Å². The molecule has 140 valence electrons. The van der Waals surface area contributed by atoms with E-state index in [1.165, 1.54) is 36.0 Å². The van der Waals surface area contributed by atoms with Crippen molar-refractivity contribution in [1.29, 1.82) is 0 Å². The molecule has 0 spiro atoms. The van der Waals surface area contributed by atoms with Gasteiger partial charge in [-0.2, -0.15) is 5.06 Å². The Hall–Kier alpha value is -1.12. The van der Waals surface area contributed by atoms with E-state index in [1.807, 2.05) is 6.08 Å². The quantitative estimate of drug-likeness (QED) is 0.404. The second-order valence-electron chi connectivity index (χ2n) is 9.01. The van der Waals surface area contributed by atoms with Crippen LogP contribution in [0.25, 0.3) is 0 Å². The molecule has 0 aromatic heterocycles. The third-order valence-corrected chi connectivity index (χ3v) is 5.40. The van der Waals surface area contributed by atoms with Gasteiger partial charge in [-0.25, -0.2) is 0 Å². The SMILES string of the molecule is C=CCCCC(ON1C(C)(C)CCCC1(C)C)c1cc(C)cc(C)c1. The number of nitrogens with zero attached hydrogens (tertiary/aromatic N) is 1. The van der Waals surface area contributed by atoms with Gasteiger partial charge in [0, 0.05) is 11.1 Å². The lowest BCUT2D eigenvalue weighted by Gasteiger charge is -2.52. The van der Waals surface area contributed by atoms with Crippen LogP contribution in [0.5, 0.6) is 0 Å². The molecule has 0 amide bonds. The second kappa shape index (κ2) is 8.05. The van der Waals surface area contributed by atoms with Crippen molar-refractivity contribution in [2.75, 3.05) is 0 Å². The van der Waals surface area contributed by atoms with Crippen LogP contribution >= 0.6 is 0 Å². The summed E-state index contributed by atoms with van der Waals surface area (Å²) in [6.45, 7) is 17.5. The zero-order valence-corrected chi connectivity index (χ0v) is 17.2. The van der Waals surface area contributed by atoms with E-state index in [0.29, 0.717) is 0 Å². The maximum absolute atomic E-state index is 6.76. The van der Waals surface area contributed by atoms with E-state index in [0.717, 1.165) is 19.3 Å². The molecule has 1 aromatic rings. The molecule has 1 saturated heterocycles. The summed E-state index contributed by atoms with van der Waals surface area (Å²) in [6.07, 6.45) is 8.92. The molecule has 0 N–H and O–H groups in total. The number of aryl methyl sites for hydroxylation is 2. The fourth-order valence-corrected chi connectivity index (χ4v) is 4.31. The first-order valence-corrected chi connectivity index (χ1v) is 9.82. The van der Waals surface area contributed by atoms with Crippen molar-refractivity contribution in [3.8, 4) is 0 Å². The lowest BCUT2D eigenvalue weighted by molar-refractivity contribution is -0.308. The first-order chi connectivity index (χ1) is 11.7. The molecule has 1 heterocycles. The van der Waals surface area contributed by atoms with Crippen molar-refractivity contribution in [1.82, 2.24) is 5.06 Å². The molecule has 25 heavy (non-hydrogen) atoms. The minimum absolute atomic E-state index is 0.0668. The van der Waals surface area contributed by atoms with E-state index in [2.05, 4.69) is 71.4 Å². The summed E-state index contributed by atoms with van der Waals surface area (Å²) in [7, 11) is 0. The van der Waals surface area contributed by atoms with Crippen LogP contribution in [-0.4, -0.2) is 16.1 Å². The van der Waals surface area contributed by atoms with Crippen LogP contribution in [0.1, 0.15) is 89.0 Å². The van der Waals surface area contributed by atoms with E-state index in [4.69, 9.17) is 4.84 Å². The van der Waals surface area contributed by atoms with E-state index in [1.54, 1.807) is 0 Å². The third-order valence-electron chi connectivity index (χ3n) is 5.40. The Balaban J connectivity index is 2.29. The number of allylic oxidation sites excluding steroid dienone is 1. The van der Waals surface area contributed by atoms with Gasteiger partial charge in [0.25, 0.3) is 0 Å². The lowest BCUT2D eigenvalue weighted by Crippen LogP contribution is -2.58. The minimum Gasteiger partial charge on any atom is -0.290 e. The molecule has 0 saturated carbocycles. The molecule has 2 nitrogen and oxygen atoms in total. The number of rotatable bonds is 7. The average molecular weight is 344 g/mol. The van der Waals surface area contributed by atoms with Crippen molar-refractivity contribution < 1.29 is 4.84 Å². The van der Waals surface area contributed by atoms with Gasteiger partial charge in [-0.05, 0) is 85.6 Å². The molecule has 1 unspecified atom stereocenters. The summed E-state index contributed by atoms with van der Waals surface area (Å²) >= 11 is 0. The summed E-state index contributed by atoms with van der Waals surface area (Å²) in [5.41, 5.74) is 4.06. The summed E-state index contributed by atoms with van der Waals surface area (Å²) in [6, 6.07) is 6.81. The van der Waals surface area contributed by atoms with Crippen LogP contribution in [0.2, 0.25) is 0 Å². The van der Waals surface area contributed by atoms with Crippen molar-refractivity contribution in [3.05, 3.63) is 47.5 Å². The topological polar surface area (TPSA) is 12.5 Å². The zero-order valence-electron chi connectivity index (χ0n) is 17.2. The van der Waals surface area contributed by atoms with Gasteiger partial charge in [-0.3, -0.25) is 4.84 Å². The van der Waals surface area contributed by atoms with Gasteiger partial charge in [-0.1, -0.05) is 35.4 Å². The lowest BCUT2D eigenvalue weighted by atomic mass is 9.82. The average Bonchev–Trinajstić information content (AvgIpc) is 2.47. The molecule has 2 rings (SSSR count). The fourth-order valence-electron chi connectivity index (χ4n) is 4.31. The van der Waals surface area contributed by atoms with Gasteiger partial charge in [0.2, 0.25) is 0 Å². The molecule has 1 aliphatic rings. The second-order valence-corrected chi connectivity index (χ2v) is 9.01. The molecule has 0 radical (unpaired) electrons. The van der Waals surface area contributed by atoms with Crippen molar-refractivity contribution >= 4 is 0 Å². The van der Waals surface area contributed by atoms with Crippen LogP contribution in [0, 0.1) is 13.8 Å².